The van der Waals surface area contributed by atoms with E-state index in [0.29, 0.717) is 40.2 Å². The second-order valence-corrected chi connectivity index (χ2v) is 7.08. The monoisotopic (exact) mass is 380 g/mol. The van der Waals surface area contributed by atoms with Gasteiger partial charge in [-0.1, -0.05) is 11.6 Å². The molecule has 0 spiro atoms. The van der Waals surface area contributed by atoms with Crippen LogP contribution in [-0.4, -0.2) is 29.9 Å². The number of hydrogen-bond acceptors (Lipinski definition) is 6. The van der Waals surface area contributed by atoms with Crippen molar-refractivity contribution in [2.75, 3.05) is 12.4 Å². The molecule has 1 heterocycles. The fourth-order valence-corrected chi connectivity index (χ4v) is 3.41. The summed E-state index contributed by atoms with van der Waals surface area (Å²) >= 11 is 7.22. The zero-order valence-corrected chi connectivity index (χ0v) is 15.3. The van der Waals surface area contributed by atoms with E-state index < -0.39 is 0 Å². The molecule has 1 amide bonds. The van der Waals surface area contributed by atoms with E-state index in [2.05, 4.69) is 10.3 Å². The van der Waals surface area contributed by atoms with E-state index >= 15 is 0 Å². The maximum absolute atomic E-state index is 12.2. The fourth-order valence-electron chi connectivity index (χ4n) is 2.50. The van der Waals surface area contributed by atoms with Gasteiger partial charge in [-0.3, -0.25) is 9.59 Å². The van der Waals surface area contributed by atoms with Crippen molar-refractivity contribution in [1.29, 1.82) is 0 Å². The van der Waals surface area contributed by atoms with Crippen molar-refractivity contribution in [3.63, 3.8) is 0 Å². The standard InChI is InChI=1S/C17H17ClN2O4S/c1-9(21)13-8-25-17(19-13)20-16(22)10-5-12(6-10)24-15-7-11(18)3-4-14(15)23-2/h3-4,7-8,10,12H,5-6H2,1-2H3,(H,19,20,22). The molecule has 0 radical (unpaired) electrons. The van der Waals surface area contributed by atoms with E-state index in [-0.39, 0.29) is 23.7 Å². The van der Waals surface area contributed by atoms with Crippen LogP contribution in [0, 0.1) is 5.92 Å². The molecule has 0 unspecified atom stereocenters. The van der Waals surface area contributed by atoms with Gasteiger partial charge in [-0.15, -0.1) is 11.3 Å². The summed E-state index contributed by atoms with van der Waals surface area (Å²) in [5, 5.41) is 5.39. The number of aromatic nitrogens is 1. The van der Waals surface area contributed by atoms with Crippen molar-refractivity contribution in [2.24, 2.45) is 5.92 Å². The average molecular weight is 381 g/mol. The third kappa shape index (κ3) is 4.11. The van der Waals surface area contributed by atoms with Crippen molar-refractivity contribution < 1.29 is 19.1 Å². The second kappa shape index (κ2) is 7.41. The number of benzene rings is 1. The smallest absolute Gasteiger partial charge is 0.229 e. The van der Waals surface area contributed by atoms with Crippen LogP contribution in [0.4, 0.5) is 5.13 Å². The quantitative estimate of drug-likeness (QED) is 0.771. The summed E-state index contributed by atoms with van der Waals surface area (Å²) in [5.41, 5.74) is 0.364. The van der Waals surface area contributed by atoms with Gasteiger partial charge in [-0.25, -0.2) is 4.98 Å². The molecule has 6 nitrogen and oxygen atoms in total. The number of ketones is 1. The van der Waals surface area contributed by atoms with Gasteiger partial charge in [0.25, 0.3) is 0 Å². The molecule has 1 aromatic heterocycles. The maximum atomic E-state index is 12.2. The van der Waals surface area contributed by atoms with Gasteiger partial charge in [0, 0.05) is 29.3 Å². The number of ether oxygens (including phenoxy) is 2. The van der Waals surface area contributed by atoms with Gasteiger partial charge in [-0.05, 0) is 25.0 Å². The molecular formula is C17H17ClN2O4S. The number of rotatable bonds is 6. The summed E-state index contributed by atoms with van der Waals surface area (Å²) in [6.07, 6.45) is 1.14. The summed E-state index contributed by atoms with van der Waals surface area (Å²) in [7, 11) is 1.57. The molecule has 1 N–H and O–H groups in total. The third-order valence-electron chi connectivity index (χ3n) is 3.98. The molecule has 0 atom stereocenters. The number of Topliss-reactive ketones (excluding diaryl/α,β-unsaturated/α-hetero) is 1. The summed E-state index contributed by atoms with van der Waals surface area (Å²) in [4.78, 5) is 27.5. The van der Waals surface area contributed by atoms with E-state index in [0.717, 1.165) is 0 Å². The highest BCUT2D eigenvalue weighted by Gasteiger charge is 2.37. The Hall–Kier alpha value is -2.12. The molecule has 1 fully saturated rings. The first kappa shape index (κ1) is 17.7. The summed E-state index contributed by atoms with van der Waals surface area (Å²) in [6.45, 7) is 1.44. The number of thiazole rings is 1. The average Bonchev–Trinajstić information content (AvgIpc) is 2.99. The molecule has 1 aliphatic carbocycles. The summed E-state index contributed by atoms with van der Waals surface area (Å²) in [5.74, 6) is 0.813. The van der Waals surface area contributed by atoms with Gasteiger partial charge in [-0.2, -0.15) is 0 Å². The van der Waals surface area contributed by atoms with Gasteiger partial charge in [0.05, 0.1) is 7.11 Å². The summed E-state index contributed by atoms with van der Waals surface area (Å²) in [6, 6.07) is 5.18. The molecule has 3 rings (SSSR count). The van der Waals surface area contributed by atoms with Gasteiger partial charge in [0.2, 0.25) is 5.91 Å². The van der Waals surface area contributed by atoms with Crippen molar-refractivity contribution in [1.82, 2.24) is 4.98 Å². The minimum Gasteiger partial charge on any atom is -0.493 e. The fraction of sp³-hybridized carbons (Fsp3) is 0.353. The zero-order valence-electron chi connectivity index (χ0n) is 13.7. The normalized spacial score (nSPS) is 19.0. The number of nitrogens with zero attached hydrogens (tertiary/aromatic N) is 1. The number of carbonyl (C=O) groups excluding carboxylic acids is 2. The number of amides is 1. The van der Waals surface area contributed by atoms with Crippen LogP contribution in [0.25, 0.3) is 0 Å². The first-order chi connectivity index (χ1) is 12.0. The highest BCUT2D eigenvalue weighted by atomic mass is 35.5. The van der Waals surface area contributed by atoms with E-state index in [4.69, 9.17) is 21.1 Å². The molecule has 1 aromatic carbocycles. The SMILES string of the molecule is COc1ccc(Cl)cc1OC1CC(C(=O)Nc2nc(C(C)=O)cs2)C1. The zero-order chi connectivity index (χ0) is 18.0. The van der Waals surface area contributed by atoms with Gasteiger partial charge >= 0.3 is 0 Å². The largest absolute Gasteiger partial charge is 0.493 e. The number of halogens is 1. The summed E-state index contributed by atoms with van der Waals surface area (Å²) < 4.78 is 11.1. The molecule has 1 aliphatic rings. The van der Waals surface area contributed by atoms with E-state index in [9.17, 15) is 9.59 Å². The van der Waals surface area contributed by atoms with Crippen LogP contribution in [0.3, 0.4) is 0 Å². The molecule has 132 valence electrons. The number of anilines is 1. The van der Waals surface area contributed by atoms with Gasteiger partial charge < -0.3 is 14.8 Å². The highest BCUT2D eigenvalue weighted by Crippen LogP contribution is 2.37. The Kier molecular flexibility index (Phi) is 5.24. The molecule has 0 saturated heterocycles. The minimum absolute atomic E-state index is 0.0628. The molecule has 8 heteroatoms. The Morgan fingerprint density at radius 2 is 2.08 bits per heavy atom. The third-order valence-corrected chi connectivity index (χ3v) is 4.97. The van der Waals surface area contributed by atoms with Gasteiger partial charge in [0.15, 0.2) is 22.4 Å². The van der Waals surface area contributed by atoms with Crippen molar-refractivity contribution in [3.05, 3.63) is 34.3 Å². The lowest BCUT2D eigenvalue weighted by Crippen LogP contribution is -2.40. The lowest BCUT2D eigenvalue weighted by molar-refractivity contribution is -0.125. The van der Waals surface area contributed by atoms with E-state index in [1.54, 1.807) is 30.7 Å². The van der Waals surface area contributed by atoms with Crippen LogP contribution in [0.15, 0.2) is 23.6 Å². The number of nitrogens with one attached hydrogen (secondary N) is 1. The Balaban J connectivity index is 1.52. The maximum Gasteiger partial charge on any atom is 0.229 e. The Labute approximate surface area is 154 Å². The lowest BCUT2D eigenvalue weighted by Gasteiger charge is -2.34. The second-order valence-electron chi connectivity index (χ2n) is 5.79. The van der Waals surface area contributed by atoms with Crippen LogP contribution in [0.5, 0.6) is 11.5 Å². The van der Waals surface area contributed by atoms with E-state index in [1.165, 1.54) is 18.3 Å². The van der Waals surface area contributed by atoms with Crippen LogP contribution in [0.1, 0.15) is 30.3 Å². The predicted molar refractivity (Wildman–Crippen MR) is 95.9 cm³/mol. The van der Waals surface area contributed by atoms with Crippen LogP contribution >= 0.6 is 22.9 Å². The number of methoxy groups -OCH3 is 1. The predicted octanol–water partition coefficient (Wildman–Crippen LogP) is 3.80. The molecular weight excluding hydrogens is 364 g/mol. The Morgan fingerprint density at radius 1 is 1.32 bits per heavy atom. The van der Waals surface area contributed by atoms with Gasteiger partial charge in [0.1, 0.15) is 11.8 Å². The van der Waals surface area contributed by atoms with E-state index in [1.807, 2.05) is 0 Å². The molecule has 25 heavy (non-hydrogen) atoms. The Bertz CT molecular complexity index is 802. The van der Waals surface area contributed by atoms with Crippen molar-refractivity contribution in [2.45, 2.75) is 25.9 Å². The topological polar surface area (TPSA) is 77.5 Å². The van der Waals surface area contributed by atoms with Crippen LogP contribution in [0.2, 0.25) is 5.02 Å². The van der Waals surface area contributed by atoms with Crippen molar-refractivity contribution >= 4 is 39.8 Å². The van der Waals surface area contributed by atoms with Crippen LogP contribution < -0.4 is 14.8 Å². The lowest BCUT2D eigenvalue weighted by atomic mass is 9.81. The molecule has 2 aromatic rings. The first-order valence-corrected chi connectivity index (χ1v) is 8.99. The number of hydrogen-bond donors (Lipinski definition) is 1. The molecule has 0 bridgehead atoms. The number of carbonyl (C=O) groups is 2. The minimum atomic E-state index is -0.139. The first-order valence-electron chi connectivity index (χ1n) is 7.73. The highest BCUT2D eigenvalue weighted by molar-refractivity contribution is 7.14. The van der Waals surface area contributed by atoms with Crippen LogP contribution in [-0.2, 0) is 4.79 Å². The molecule has 0 aliphatic heterocycles. The van der Waals surface area contributed by atoms with Crippen molar-refractivity contribution in [3.8, 4) is 11.5 Å². The Morgan fingerprint density at radius 3 is 2.72 bits per heavy atom. The molecule has 1 saturated carbocycles.